The van der Waals surface area contributed by atoms with E-state index in [0.29, 0.717) is 18.2 Å². The van der Waals surface area contributed by atoms with Crippen LogP contribution >= 0.6 is 11.8 Å². The number of nitrogens with zero attached hydrogens (tertiary/aromatic N) is 1. The number of quaternary nitrogens is 1. The number of hydrogen-bond donors (Lipinski definition) is 2. The Labute approximate surface area is 166 Å². The third-order valence-electron chi connectivity index (χ3n) is 4.50. The van der Waals surface area contributed by atoms with Crippen molar-refractivity contribution >= 4 is 23.4 Å². The van der Waals surface area contributed by atoms with E-state index in [-0.39, 0.29) is 11.9 Å². The normalized spacial score (nSPS) is 11.8. The summed E-state index contributed by atoms with van der Waals surface area (Å²) in [6.07, 6.45) is 1.03. The van der Waals surface area contributed by atoms with Crippen LogP contribution in [-0.2, 0) is 11.2 Å². The fourth-order valence-corrected chi connectivity index (χ4v) is 3.68. The zero-order chi connectivity index (χ0) is 19.6. The third kappa shape index (κ3) is 6.42. The molecule has 0 heterocycles. The Morgan fingerprint density at radius 2 is 1.89 bits per heavy atom. The second kappa shape index (κ2) is 10.8. The van der Waals surface area contributed by atoms with E-state index < -0.39 is 0 Å². The number of thioether (sulfide) groups is 1. The van der Waals surface area contributed by atoms with Gasteiger partial charge in [-0.15, -0.1) is 11.8 Å². The number of benzene rings is 2. The van der Waals surface area contributed by atoms with Crippen molar-refractivity contribution in [3.63, 3.8) is 0 Å². The van der Waals surface area contributed by atoms with Crippen LogP contribution in [-0.4, -0.2) is 18.2 Å². The molecule has 2 rings (SSSR count). The van der Waals surface area contributed by atoms with Gasteiger partial charge in [0.1, 0.15) is 6.04 Å². The summed E-state index contributed by atoms with van der Waals surface area (Å²) in [6, 6.07) is 18.6. The molecule has 1 amide bonds. The van der Waals surface area contributed by atoms with Crippen LogP contribution in [0.2, 0.25) is 0 Å². The van der Waals surface area contributed by atoms with Crippen molar-refractivity contribution in [3.05, 3.63) is 59.7 Å². The molecule has 5 heteroatoms. The molecule has 1 atom stereocenters. The SMILES string of the molecule is CCc1ccc([C@H]([NH2+]CC(=O)Nc2ccccc2SCC#N)C(C)C)cc1. The van der Waals surface area contributed by atoms with Crippen molar-refractivity contribution in [1.29, 1.82) is 5.26 Å². The molecule has 0 aliphatic carbocycles. The lowest BCUT2D eigenvalue weighted by atomic mass is 9.95. The molecule has 0 aromatic heterocycles. The van der Waals surface area contributed by atoms with E-state index >= 15 is 0 Å². The van der Waals surface area contributed by atoms with Gasteiger partial charge in [-0.1, -0.05) is 57.2 Å². The van der Waals surface area contributed by atoms with Gasteiger partial charge < -0.3 is 10.6 Å². The van der Waals surface area contributed by atoms with Gasteiger partial charge in [-0.2, -0.15) is 5.26 Å². The number of anilines is 1. The van der Waals surface area contributed by atoms with Crippen molar-refractivity contribution in [2.75, 3.05) is 17.6 Å². The Morgan fingerprint density at radius 3 is 2.52 bits per heavy atom. The first-order valence-electron chi connectivity index (χ1n) is 9.36. The first kappa shape index (κ1) is 21.0. The summed E-state index contributed by atoms with van der Waals surface area (Å²) >= 11 is 1.43. The number of nitriles is 1. The standard InChI is InChI=1S/C22H27N3OS/c1-4-17-9-11-18(12-10-17)22(16(2)3)24-15-21(26)25-19-7-5-6-8-20(19)27-14-13-23/h5-12,16,22,24H,4,14-15H2,1-3H3,(H,25,26)/p+1/t22-/m1/s1. The van der Waals surface area contributed by atoms with E-state index in [1.807, 2.05) is 24.3 Å². The topological polar surface area (TPSA) is 69.5 Å². The number of carbonyl (C=O) groups is 1. The van der Waals surface area contributed by atoms with Crippen LogP contribution in [0, 0.1) is 17.2 Å². The summed E-state index contributed by atoms with van der Waals surface area (Å²) in [5, 5.41) is 13.9. The maximum atomic E-state index is 12.5. The Bertz CT molecular complexity index is 781. The molecule has 27 heavy (non-hydrogen) atoms. The van der Waals surface area contributed by atoms with Crippen molar-refractivity contribution in [3.8, 4) is 6.07 Å². The molecular weight excluding hydrogens is 354 g/mol. The number of rotatable bonds is 9. The van der Waals surface area contributed by atoms with Crippen LogP contribution in [0.25, 0.3) is 0 Å². The largest absolute Gasteiger partial charge is 0.332 e. The molecular formula is C22H28N3OS+. The molecule has 0 bridgehead atoms. The van der Waals surface area contributed by atoms with Gasteiger partial charge in [0.2, 0.25) is 0 Å². The summed E-state index contributed by atoms with van der Waals surface area (Å²) in [5.41, 5.74) is 3.34. The summed E-state index contributed by atoms with van der Waals surface area (Å²) in [7, 11) is 0. The second-order valence-electron chi connectivity index (χ2n) is 6.80. The average Bonchev–Trinajstić information content (AvgIpc) is 2.67. The number of nitrogens with one attached hydrogen (secondary N) is 1. The molecule has 142 valence electrons. The minimum Gasteiger partial charge on any atom is -0.332 e. The van der Waals surface area contributed by atoms with Crippen LogP contribution < -0.4 is 10.6 Å². The first-order valence-corrected chi connectivity index (χ1v) is 10.3. The maximum absolute atomic E-state index is 12.5. The molecule has 0 aliphatic heterocycles. The van der Waals surface area contributed by atoms with Gasteiger partial charge in [0.15, 0.2) is 6.54 Å². The van der Waals surface area contributed by atoms with Crippen molar-refractivity contribution in [1.82, 2.24) is 0 Å². The molecule has 0 saturated heterocycles. The number of nitrogens with two attached hydrogens (primary N) is 1. The van der Waals surface area contributed by atoms with Crippen molar-refractivity contribution < 1.29 is 10.1 Å². The van der Waals surface area contributed by atoms with Gasteiger partial charge in [0, 0.05) is 16.4 Å². The fourth-order valence-electron chi connectivity index (χ4n) is 3.01. The summed E-state index contributed by atoms with van der Waals surface area (Å²) in [6.45, 7) is 6.87. The number of hydrogen-bond acceptors (Lipinski definition) is 3. The van der Waals surface area contributed by atoms with Crippen LogP contribution in [0.4, 0.5) is 5.69 Å². The average molecular weight is 383 g/mol. The van der Waals surface area contributed by atoms with E-state index in [1.54, 1.807) is 0 Å². The van der Waals surface area contributed by atoms with Crippen LogP contribution in [0.1, 0.15) is 37.9 Å². The number of para-hydroxylation sites is 1. The number of carbonyl (C=O) groups excluding carboxylic acids is 1. The lowest BCUT2D eigenvalue weighted by Crippen LogP contribution is -2.88. The molecule has 2 aromatic carbocycles. The molecule has 0 radical (unpaired) electrons. The predicted molar refractivity (Wildman–Crippen MR) is 112 cm³/mol. The van der Waals surface area contributed by atoms with Gasteiger partial charge in [-0.25, -0.2) is 0 Å². The van der Waals surface area contributed by atoms with Gasteiger partial charge in [0.25, 0.3) is 5.91 Å². The van der Waals surface area contributed by atoms with Crippen molar-refractivity contribution in [2.45, 2.75) is 38.1 Å². The van der Waals surface area contributed by atoms with E-state index in [4.69, 9.17) is 5.26 Å². The maximum Gasteiger partial charge on any atom is 0.279 e. The smallest absolute Gasteiger partial charge is 0.279 e. The Morgan fingerprint density at radius 1 is 1.19 bits per heavy atom. The Balaban J connectivity index is 1.99. The van der Waals surface area contributed by atoms with Crippen LogP contribution in [0.3, 0.4) is 0 Å². The molecule has 3 N–H and O–H groups in total. The molecule has 0 aliphatic rings. The highest BCUT2D eigenvalue weighted by Crippen LogP contribution is 2.26. The minimum absolute atomic E-state index is 0.0316. The van der Waals surface area contributed by atoms with Gasteiger partial charge >= 0.3 is 0 Å². The van der Waals surface area contributed by atoms with E-state index in [0.717, 1.165) is 17.0 Å². The Kier molecular flexibility index (Phi) is 8.38. The number of amides is 1. The highest BCUT2D eigenvalue weighted by atomic mass is 32.2. The summed E-state index contributed by atoms with van der Waals surface area (Å²) in [4.78, 5) is 13.4. The molecule has 4 nitrogen and oxygen atoms in total. The fraction of sp³-hybridized carbons (Fsp3) is 0.364. The molecule has 0 fully saturated rings. The zero-order valence-electron chi connectivity index (χ0n) is 16.2. The van der Waals surface area contributed by atoms with Crippen molar-refractivity contribution in [2.24, 2.45) is 5.92 Å². The molecule has 0 saturated carbocycles. The highest BCUT2D eigenvalue weighted by molar-refractivity contribution is 7.99. The van der Waals surface area contributed by atoms with Gasteiger partial charge in [0.05, 0.1) is 17.5 Å². The Hall–Kier alpha value is -2.29. The lowest BCUT2D eigenvalue weighted by Gasteiger charge is -2.20. The zero-order valence-corrected chi connectivity index (χ0v) is 17.1. The number of aryl methyl sites for hydroxylation is 1. The van der Waals surface area contributed by atoms with Gasteiger partial charge in [-0.05, 0) is 24.1 Å². The molecule has 2 aromatic rings. The first-order chi connectivity index (χ1) is 13.0. The highest BCUT2D eigenvalue weighted by Gasteiger charge is 2.20. The van der Waals surface area contributed by atoms with Crippen LogP contribution in [0.5, 0.6) is 0 Å². The quantitative estimate of drug-likeness (QED) is 0.649. The second-order valence-corrected chi connectivity index (χ2v) is 7.81. The minimum atomic E-state index is -0.0316. The molecule has 0 unspecified atom stereocenters. The van der Waals surface area contributed by atoms with E-state index in [1.165, 1.54) is 22.9 Å². The summed E-state index contributed by atoms with van der Waals surface area (Å²) in [5.74, 6) is 0.752. The third-order valence-corrected chi connectivity index (χ3v) is 5.44. The lowest BCUT2D eigenvalue weighted by molar-refractivity contribution is -0.692. The van der Waals surface area contributed by atoms with Crippen LogP contribution in [0.15, 0.2) is 53.4 Å². The van der Waals surface area contributed by atoms with E-state index in [2.05, 4.69) is 61.7 Å². The predicted octanol–water partition coefficient (Wildman–Crippen LogP) is 3.76. The van der Waals surface area contributed by atoms with Gasteiger partial charge in [-0.3, -0.25) is 4.79 Å². The van der Waals surface area contributed by atoms with E-state index in [9.17, 15) is 4.79 Å². The summed E-state index contributed by atoms with van der Waals surface area (Å²) < 4.78 is 0. The monoisotopic (exact) mass is 382 g/mol. The molecule has 0 spiro atoms.